The molecule has 0 unspecified atom stereocenters. The Morgan fingerprint density at radius 1 is 1.56 bits per heavy atom. The summed E-state index contributed by atoms with van der Waals surface area (Å²) in [6, 6.07) is 4.84. The minimum absolute atomic E-state index is 0.189. The van der Waals surface area contributed by atoms with E-state index in [0.29, 0.717) is 28.6 Å². The van der Waals surface area contributed by atoms with Crippen molar-refractivity contribution in [2.24, 2.45) is 0 Å². The first kappa shape index (κ1) is 12.4. The van der Waals surface area contributed by atoms with Crippen LogP contribution < -0.4 is 5.73 Å². The van der Waals surface area contributed by atoms with Crippen molar-refractivity contribution in [1.82, 2.24) is 14.9 Å². The van der Waals surface area contributed by atoms with E-state index in [1.807, 2.05) is 0 Å². The van der Waals surface area contributed by atoms with Crippen LogP contribution in [0.1, 0.15) is 16.2 Å². The van der Waals surface area contributed by atoms with Gasteiger partial charge in [0.15, 0.2) is 0 Å². The Labute approximate surface area is 110 Å². The summed E-state index contributed by atoms with van der Waals surface area (Å²) in [4.78, 5) is 20.7. The van der Waals surface area contributed by atoms with E-state index in [1.165, 1.54) is 4.90 Å². The number of hydrogen-bond donors (Lipinski definition) is 2. The zero-order chi connectivity index (χ0) is 13.1. The van der Waals surface area contributed by atoms with E-state index in [0.717, 1.165) is 0 Å². The molecule has 3 N–H and O–H groups in total. The number of carbonyl (C=O) groups is 1. The van der Waals surface area contributed by atoms with Crippen molar-refractivity contribution in [3.05, 3.63) is 47.0 Å². The van der Waals surface area contributed by atoms with Crippen molar-refractivity contribution in [3.8, 4) is 0 Å². The Morgan fingerprint density at radius 3 is 3.00 bits per heavy atom. The number of nitrogens with two attached hydrogens (primary N) is 1. The second kappa shape index (κ2) is 5.10. The molecular formula is C12H13ClN4O. The highest BCUT2D eigenvalue weighted by Gasteiger charge is 2.16. The highest BCUT2D eigenvalue weighted by atomic mass is 35.5. The highest BCUT2D eigenvalue weighted by molar-refractivity contribution is 6.31. The molecule has 2 aromatic rings. The second-order valence-corrected chi connectivity index (χ2v) is 4.37. The van der Waals surface area contributed by atoms with Crippen molar-refractivity contribution < 1.29 is 4.79 Å². The number of nitrogens with one attached hydrogen (secondary N) is 1. The summed E-state index contributed by atoms with van der Waals surface area (Å²) in [7, 11) is 1.69. The van der Waals surface area contributed by atoms with E-state index in [-0.39, 0.29) is 5.91 Å². The molecule has 18 heavy (non-hydrogen) atoms. The van der Waals surface area contributed by atoms with E-state index in [4.69, 9.17) is 17.3 Å². The SMILES string of the molecule is CN(Cc1ncc[nH]1)C(=O)c1cc(Cl)ccc1N. The standard InChI is InChI=1S/C12H13ClN4O/c1-17(7-11-15-4-5-16-11)12(18)9-6-8(13)2-3-10(9)14/h2-6H,7,14H2,1H3,(H,15,16). The summed E-state index contributed by atoms with van der Waals surface area (Å²) in [5.74, 6) is 0.526. The van der Waals surface area contributed by atoms with Crippen LogP contribution in [0.4, 0.5) is 5.69 Å². The first-order chi connectivity index (χ1) is 8.58. The van der Waals surface area contributed by atoms with Crippen LogP contribution in [0.25, 0.3) is 0 Å². The Hall–Kier alpha value is -2.01. The number of H-pyrrole nitrogens is 1. The van der Waals surface area contributed by atoms with Crippen LogP contribution in [0.5, 0.6) is 0 Å². The third kappa shape index (κ3) is 2.62. The third-order valence-electron chi connectivity index (χ3n) is 2.53. The van der Waals surface area contributed by atoms with E-state index >= 15 is 0 Å². The molecule has 0 fully saturated rings. The first-order valence-corrected chi connectivity index (χ1v) is 5.74. The van der Waals surface area contributed by atoms with Gasteiger partial charge in [-0.2, -0.15) is 0 Å². The minimum Gasteiger partial charge on any atom is -0.398 e. The van der Waals surface area contributed by atoms with Gasteiger partial charge in [0.2, 0.25) is 0 Å². The molecule has 0 saturated carbocycles. The van der Waals surface area contributed by atoms with Gasteiger partial charge in [-0.1, -0.05) is 11.6 Å². The number of imidazole rings is 1. The number of carbonyl (C=O) groups excluding carboxylic acids is 1. The monoisotopic (exact) mass is 264 g/mol. The Balaban J connectivity index is 2.17. The second-order valence-electron chi connectivity index (χ2n) is 3.93. The van der Waals surface area contributed by atoms with Gasteiger partial charge in [0.1, 0.15) is 5.82 Å². The van der Waals surface area contributed by atoms with Crippen LogP contribution in [-0.2, 0) is 6.54 Å². The normalized spacial score (nSPS) is 10.3. The Morgan fingerprint density at radius 2 is 2.33 bits per heavy atom. The van der Waals surface area contributed by atoms with E-state index in [1.54, 1.807) is 37.6 Å². The van der Waals surface area contributed by atoms with Gasteiger partial charge in [0.25, 0.3) is 5.91 Å². The molecule has 2 rings (SSSR count). The van der Waals surface area contributed by atoms with Crippen molar-refractivity contribution in [2.75, 3.05) is 12.8 Å². The maximum Gasteiger partial charge on any atom is 0.256 e. The molecule has 0 aliphatic carbocycles. The van der Waals surface area contributed by atoms with Crippen LogP contribution in [0.3, 0.4) is 0 Å². The van der Waals surface area contributed by atoms with Crippen molar-refractivity contribution in [1.29, 1.82) is 0 Å². The lowest BCUT2D eigenvalue weighted by atomic mass is 10.1. The number of anilines is 1. The molecule has 1 heterocycles. The molecule has 0 radical (unpaired) electrons. The zero-order valence-corrected chi connectivity index (χ0v) is 10.6. The van der Waals surface area contributed by atoms with E-state index in [2.05, 4.69) is 9.97 Å². The predicted octanol–water partition coefficient (Wildman–Crippen LogP) is 1.92. The molecule has 1 aromatic carbocycles. The highest BCUT2D eigenvalue weighted by Crippen LogP contribution is 2.19. The molecule has 0 saturated heterocycles. The smallest absolute Gasteiger partial charge is 0.256 e. The minimum atomic E-state index is -0.189. The van der Waals surface area contributed by atoms with Gasteiger partial charge in [-0.05, 0) is 18.2 Å². The topological polar surface area (TPSA) is 75.0 Å². The molecule has 94 valence electrons. The lowest BCUT2D eigenvalue weighted by molar-refractivity contribution is 0.0783. The Bertz CT molecular complexity index is 553. The fourth-order valence-electron chi connectivity index (χ4n) is 1.60. The van der Waals surface area contributed by atoms with Crippen molar-refractivity contribution in [3.63, 3.8) is 0 Å². The van der Waals surface area contributed by atoms with Gasteiger partial charge in [-0.25, -0.2) is 4.98 Å². The lowest BCUT2D eigenvalue weighted by Crippen LogP contribution is -2.27. The molecule has 0 spiro atoms. The van der Waals surface area contributed by atoms with Crippen LogP contribution in [0, 0.1) is 0 Å². The number of nitrogen functional groups attached to an aromatic ring is 1. The molecule has 0 aliphatic rings. The summed E-state index contributed by atoms with van der Waals surface area (Å²) < 4.78 is 0. The molecule has 5 nitrogen and oxygen atoms in total. The van der Waals surface area contributed by atoms with Crippen LogP contribution in [0.15, 0.2) is 30.6 Å². The van der Waals surface area contributed by atoms with Gasteiger partial charge < -0.3 is 15.6 Å². The van der Waals surface area contributed by atoms with Gasteiger partial charge in [-0.3, -0.25) is 4.79 Å². The molecule has 1 amide bonds. The molecule has 0 bridgehead atoms. The molecule has 6 heteroatoms. The molecule has 1 aromatic heterocycles. The maximum absolute atomic E-state index is 12.2. The van der Waals surface area contributed by atoms with Gasteiger partial charge in [0.05, 0.1) is 12.1 Å². The van der Waals surface area contributed by atoms with Crippen LogP contribution in [-0.4, -0.2) is 27.8 Å². The zero-order valence-electron chi connectivity index (χ0n) is 9.85. The summed E-state index contributed by atoms with van der Waals surface area (Å²) in [5.41, 5.74) is 6.58. The van der Waals surface area contributed by atoms with Gasteiger partial charge >= 0.3 is 0 Å². The average Bonchev–Trinajstić information content (AvgIpc) is 2.84. The van der Waals surface area contributed by atoms with Gasteiger partial charge in [0, 0.05) is 30.2 Å². The number of aromatic nitrogens is 2. The van der Waals surface area contributed by atoms with Crippen molar-refractivity contribution >= 4 is 23.2 Å². The summed E-state index contributed by atoms with van der Waals surface area (Å²) in [6.45, 7) is 0.387. The van der Waals surface area contributed by atoms with Crippen LogP contribution >= 0.6 is 11.6 Å². The number of hydrogen-bond acceptors (Lipinski definition) is 3. The Kier molecular flexibility index (Phi) is 3.53. The van der Waals surface area contributed by atoms with E-state index < -0.39 is 0 Å². The predicted molar refractivity (Wildman–Crippen MR) is 70.2 cm³/mol. The van der Waals surface area contributed by atoms with Gasteiger partial charge in [-0.15, -0.1) is 0 Å². The van der Waals surface area contributed by atoms with Crippen molar-refractivity contribution in [2.45, 2.75) is 6.54 Å². The molecule has 0 aliphatic heterocycles. The number of aromatic amines is 1. The number of amides is 1. The van der Waals surface area contributed by atoms with Crippen LogP contribution in [0.2, 0.25) is 5.02 Å². The maximum atomic E-state index is 12.2. The fourth-order valence-corrected chi connectivity index (χ4v) is 1.77. The average molecular weight is 265 g/mol. The molecular weight excluding hydrogens is 252 g/mol. The summed E-state index contributed by atoms with van der Waals surface area (Å²) in [6.07, 6.45) is 3.35. The summed E-state index contributed by atoms with van der Waals surface area (Å²) >= 11 is 5.86. The van der Waals surface area contributed by atoms with E-state index in [9.17, 15) is 4.79 Å². The number of nitrogens with zero attached hydrogens (tertiary/aromatic N) is 2. The number of benzene rings is 1. The quantitative estimate of drug-likeness (QED) is 0.832. The first-order valence-electron chi connectivity index (χ1n) is 5.36. The summed E-state index contributed by atoms with van der Waals surface area (Å²) in [5, 5.41) is 0.485. The largest absolute Gasteiger partial charge is 0.398 e. The number of rotatable bonds is 3. The third-order valence-corrected chi connectivity index (χ3v) is 2.77. The number of halogens is 1. The lowest BCUT2D eigenvalue weighted by Gasteiger charge is -2.17. The molecule has 0 atom stereocenters. The fraction of sp³-hybridized carbons (Fsp3) is 0.167.